The molecular formula is C42H40N6O7. The van der Waals surface area contributed by atoms with Gasteiger partial charge in [0.05, 0.1) is 50.5 Å². The lowest BCUT2D eigenvalue weighted by Gasteiger charge is -2.38. The zero-order valence-electron chi connectivity index (χ0n) is 30.7. The highest BCUT2D eigenvalue weighted by Gasteiger charge is 2.37. The monoisotopic (exact) mass is 740 g/mol. The maximum absolute atomic E-state index is 15.0. The van der Waals surface area contributed by atoms with Crippen molar-refractivity contribution in [3.05, 3.63) is 136 Å². The van der Waals surface area contributed by atoms with Gasteiger partial charge < -0.3 is 34.3 Å². The van der Waals surface area contributed by atoms with Crippen LogP contribution in [-0.2, 0) is 22.6 Å². The molecule has 280 valence electrons. The molecule has 4 aromatic carbocycles. The summed E-state index contributed by atoms with van der Waals surface area (Å²) in [6, 6.07) is 29.2. The molecule has 2 aliphatic rings. The number of amides is 1. The van der Waals surface area contributed by atoms with E-state index in [2.05, 4.69) is 15.6 Å². The Balaban J connectivity index is 1.21. The molecule has 0 aliphatic carbocycles. The number of hydrogen-bond donors (Lipinski definition) is 2. The minimum Gasteiger partial charge on any atom is -0.497 e. The van der Waals surface area contributed by atoms with Gasteiger partial charge >= 0.3 is 6.09 Å². The van der Waals surface area contributed by atoms with Crippen molar-refractivity contribution in [2.45, 2.75) is 32.2 Å². The highest BCUT2D eigenvalue weighted by Crippen LogP contribution is 2.40. The van der Waals surface area contributed by atoms with Crippen LogP contribution in [0.15, 0.2) is 108 Å². The standard InChI is InChI=1S/C42H40N6O7/c1-26-8-7-11-35-38(26)48(42(50)54-23-27-9-5-4-6-10-27)36(22-43-35)34-18-29-21-45-41(44-20-28-12-15-32(51-2)19-37(28)52-3)46-39(29)47(40(34)49)30-13-16-31(17-14-30)55-33-24-53-25-33/h4-19,21,33,36,43H,20,22-25H2,1-3H3,(H,44,45,46). The van der Waals surface area contributed by atoms with E-state index in [0.717, 1.165) is 22.4 Å². The second kappa shape index (κ2) is 15.4. The molecule has 4 heterocycles. The Bertz CT molecular complexity index is 2400. The SMILES string of the molecule is COc1ccc(CNc2ncc3cc(C4CNc5cccc(C)c5N4C(=O)OCc4ccccc4)c(=O)n(-c4ccc(OC5COC5)cc4)c3n2)c(OC)c1. The van der Waals surface area contributed by atoms with E-state index in [9.17, 15) is 9.59 Å². The lowest BCUT2D eigenvalue weighted by atomic mass is 9.99. The number of nitrogens with one attached hydrogen (secondary N) is 2. The molecule has 2 N–H and O–H groups in total. The van der Waals surface area contributed by atoms with E-state index in [4.69, 9.17) is 28.7 Å². The zero-order chi connectivity index (χ0) is 37.9. The van der Waals surface area contributed by atoms with Crippen molar-refractivity contribution in [1.82, 2.24) is 14.5 Å². The summed E-state index contributed by atoms with van der Waals surface area (Å²) in [4.78, 5) is 40.2. The van der Waals surface area contributed by atoms with Gasteiger partial charge in [-0.2, -0.15) is 4.98 Å². The van der Waals surface area contributed by atoms with Gasteiger partial charge in [0.15, 0.2) is 5.65 Å². The third-order valence-electron chi connectivity index (χ3n) is 9.74. The summed E-state index contributed by atoms with van der Waals surface area (Å²) in [6.45, 7) is 3.69. The molecule has 2 aromatic heterocycles. The normalized spacial score (nSPS) is 15.0. The number of para-hydroxylation sites is 1. The number of ether oxygens (including phenoxy) is 5. The minimum absolute atomic E-state index is 0.0128. The van der Waals surface area contributed by atoms with Gasteiger partial charge in [-0.05, 0) is 66.6 Å². The van der Waals surface area contributed by atoms with Crippen LogP contribution in [-0.4, -0.2) is 60.7 Å². The maximum atomic E-state index is 15.0. The maximum Gasteiger partial charge on any atom is 0.415 e. The Labute approximate surface area is 317 Å². The Morgan fingerprint density at radius 1 is 0.945 bits per heavy atom. The fourth-order valence-electron chi connectivity index (χ4n) is 6.83. The van der Waals surface area contributed by atoms with E-state index >= 15 is 0 Å². The van der Waals surface area contributed by atoms with Crippen LogP contribution in [0.3, 0.4) is 0 Å². The molecular weight excluding hydrogens is 700 g/mol. The number of pyridine rings is 1. The fourth-order valence-corrected chi connectivity index (χ4v) is 6.83. The first-order chi connectivity index (χ1) is 26.9. The molecule has 1 atom stereocenters. The number of aromatic nitrogens is 3. The molecule has 0 saturated carbocycles. The number of nitrogens with zero attached hydrogens (tertiary/aromatic N) is 4. The highest BCUT2D eigenvalue weighted by molar-refractivity contribution is 5.96. The van der Waals surface area contributed by atoms with Gasteiger partial charge in [0.25, 0.3) is 5.56 Å². The van der Waals surface area contributed by atoms with Gasteiger partial charge in [-0.3, -0.25) is 14.3 Å². The lowest BCUT2D eigenvalue weighted by Crippen LogP contribution is -2.45. The molecule has 55 heavy (non-hydrogen) atoms. The Morgan fingerprint density at radius 2 is 1.75 bits per heavy atom. The van der Waals surface area contributed by atoms with Crippen molar-refractivity contribution < 1.29 is 28.5 Å². The van der Waals surface area contributed by atoms with Crippen molar-refractivity contribution in [3.8, 4) is 22.9 Å². The number of carbonyl (C=O) groups excluding carboxylic acids is 1. The van der Waals surface area contributed by atoms with Crippen molar-refractivity contribution in [3.63, 3.8) is 0 Å². The smallest absolute Gasteiger partial charge is 0.415 e. The molecule has 1 fully saturated rings. The number of hydrogen-bond acceptors (Lipinski definition) is 11. The predicted octanol–water partition coefficient (Wildman–Crippen LogP) is 6.81. The first-order valence-electron chi connectivity index (χ1n) is 18.0. The number of benzene rings is 4. The van der Waals surface area contributed by atoms with Crippen LogP contribution in [0, 0.1) is 6.92 Å². The average molecular weight is 741 g/mol. The van der Waals surface area contributed by atoms with Crippen molar-refractivity contribution >= 4 is 34.4 Å². The summed E-state index contributed by atoms with van der Waals surface area (Å²) in [5, 5.41) is 7.34. The van der Waals surface area contributed by atoms with Crippen LogP contribution in [0.5, 0.6) is 17.2 Å². The first-order valence-corrected chi connectivity index (χ1v) is 18.0. The summed E-state index contributed by atoms with van der Waals surface area (Å²) in [6.07, 6.45) is 1.10. The molecule has 1 unspecified atom stereocenters. The van der Waals surface area contributed by atoms with Gasteiger partial charge in [-0.15, -0.1) is 0 Å². The van der Waals surface area contributed by atoms with Crippen molar-refractivity contribution in [2.75, 3.05) is 49.5 Å². The quantitative estimate of drug-likeness (QED) is 0.145. The van der Waals surface area contributed by atoms with E-state index in [0.29, 0.717) is 70.9 Å². The van der Waals surface area contributed by atoms with Gasteiger partial charge in [0.1, 0.15) is 30.0 Å². The van der Waals surface area contributed by atoms with Crippen LogP contribution in [0.1, 0.15) is 28.3 Å². The second-order valence-corrected chi connectivity index (χ2v) is 13.3. The molecule has 1 amide bonds. The van der Waals surface area contributed by atoms with E-state index in [1.165, 1.54) is 0 Å². The molecule has 6 aromatic rings. The third-order valence-corrected chi connectivity index (χ3v) is 9.74. The first kappa shape index (κ1) is 35.4. The van der Waals surface area contributed by atoms with E-state index < -0.39 is 12.1 Å². The summed E-state index contributed by atoms with van der Waals surface area (Å²) in [7, 11) is 3.20. The number of fused-ring (bicyclic) bond motifs is 2. The molecule has 13 heteroatoms. The van der Waals surface area contributed by atoms with E-state index in [1.807, 2.05) is 97.9 Å². The van der Waals surface area contributed by atoms with E-state index in [-0.39, 0.29) is 24.8 Å². The zero-order valence-corrected chi connectivity index (χ0v) is 30.7. The molecule has 13 nitrogen and oxygen atoms in total. The lowest BCUT2D eigenvalue weighted by molar-refractivity contribution is -0.0796. The minimum atomic E-state index is -0.735. The Hall–Kier alpha value is -6.60. The molecule has 0 radical (unpaired) electrons. The Kier molecular flexibility index (Phi) is 9.92. The number of carbonyl (C=O) groups is 1. The van der Waals surface area contributed by atoms with Crippen LogP contribution >= 0.6 is 0 Å². The Morgan fingerprint density at radius 3 is 2.49 bits per heavy atom. The predicted molar refractivity (Wildman–Crippen MR) is 209 cm³/mol. The van der Waals surface area contributed by atoms with Crippen LogP contribution < -0.4 is 35.3 Å². The van der Waals surface area contributed by atoms with Crippen LogP contribution in [0.25, 0.3) is 16.7 Å². The third kappa shape index (κ3) is 7.21. The van der Waals surface area contributed by atoms with Gasteiger partial charge in [0, 0.05) is 41.9 Å². The highest BCUT2D eigenvalue weighted by atomic mass is 16.6. The number of methoxy groups -OCH3 is 2. The van der Waals surface area contributed by atoms with Gasteiger partial charge in [-0.25, -0.2) is 9.78 Å². The molecule has 8 rings (SSSR count). The van der Waals surface area contributed by atoms with Crippen molar-refractivity contribution in [1.29, 1.82) is 0 Å². The summed E-state index contributed by atoms with van der Waals surface area (Å²) < 4.78 is 29.7. The topological polar surface area (TPSA) is 138 Å². The second-order valence-electron chi connectivity index (χ2n) is 13.3. The van der Waals surface area contributed by atoms with Crippen LogP contribution in [0.4, 0.5) is 22.1 Å². The fraction of sp³-hybridized carbons (Fsp3) is 0.238. The number of aryl methyl sites for hydroxylation is 1. The molecule has 1 saturated heterocycles. The summed E-state index contributed by atoms with van der Waals surface area (Å²) in [5.41, 5.74) is 4.96. The summed E-state index contributed by atoms with van der Waals surface area (Å²) >= 11 is 0. The van der Waals surface area contributed by atoms with Gasteiger partial charge in [0.2, 0.25) is 5.95 Å². The molecule has 0 bridgehead atoms. The van der Waals surface area contributed by atoms with E-state index in [1.54, 1.807) is 35.9 Å². The number of anilines is 3. The van der Waals surface area contributed by atoms with Gasteiger partial charge in [-0.1, -0.05) is 42.5 Å². The average Bonchev–Trinajstić information content (AvgIpc) is 3.20. The molecule has 2 aliphatic heterocycles. The molecule has 0 spiro atoms. The van der Waals surface area contributed by atoms with Crippen molar-refractivity contribution in [2.24, 2.45) is 0 Å². The summed E-state index contributed by atoms with van der Waals surface area (Å²) in [5.74, 6) is 2.29. The number of rotatable bonds is 11. The van der Waals surface area contributed by atoms with Crippen LogP contribution in [0.2, 0.25) is 0 Å². The largest absolute Gasteiger partial charge is 0.497 e.